The van der Waals surface area contributed by atoms with Crippen molar-refractivity contribution in [2.24, 2.45) is 0 Å². The Balaban J connectivity index is 1.15. The van der Waals surface area contributed by atoms with Gasteiger partial charge in [-0.2, -0.15) is 0 Å². The Bertz CT molecular complexity index is 805. The molecule has 0 aromatic carbocycles. The summed E-state index contributed by atoms with van der Waals surface area (Å²) in [6, 6.07) is -1.16. The van der Waals surface area contributed by atoms with Crippen molar-refractivity contribution in [3.8, 4) is 0 Å². The lowest BCUT2D eigenvalue weighted by Crippen LogP contribution is -2.29. The zero-order chi connectivity index (χ0) is 22.8. The summed E-state index contributed by atoms with van der Waals surface area (Å²) in [5.41, 5.74) is 1.29. The summed E-state index contributed by atoms with van der Waals surface area (Å²) in [4.78, 5) is 0. The molecule has 2 aliphatic rings. The van der Waals surface area contributed by atoms with E-state index in [1.807, 2.05) is 26.2 Å². The van der Waals surface area contributed by atoms with E-state index in [2.05, 4.69) is 31.3 Å². The van der Waals surface area contributed by atoms with Gasteiger partial charge in [-0.15, -0.1) is 10.2 Å². The molecule has 2 aromatic rings. The maximum atomic E-state index is 10.1. The van der Waals surface area contributed by atoms with Gasteiger partial charge in [0.15, 0.2) is 0 Å². The summed E-state index contributed by atoms with van der Waals surface area (Å²) in [5, 5.41) is 62.9. The van der Waals surface area contributed by atoms with Gasteiger partial charge in [-0.05, 0) is 26.7 Å². The second-order valence-electron chi connectivity index (χ2n) is 9.06. The first-order valence-electron chi connectivity index (χ1n) is 11.4. The lowest BCUT2D eigenvalue weighted by molar-refractivity contribution is 0.0295. The molecule has 0 saturated carbocycles. The monoisotopic (exact) mass is 450 g/mol. The van der Waals surface area contributed by atoms with Crippen molar-refractivity contribution >= 4 is 0 Å². The Labute approximate surface area is 186 Å². The third-order valence-corrected chi connectivity index (χ3v) is 6.57. The number of aliphatic hydroxyl groups excluding tert-OH is 4. The van der Waals surface area contributed by atoms with Crippen LogP contribution in [0.1, 0.15) is 63.0 Å². The van der Waals surface area contributed by atoms with Gasteiger partial charge in [-0.3, -0.25) is 9.36 Å². The Morgan fingerprint density at radius 1 is 0.688 bits per heavy atom. The lowest BCUT2D eigenvalue weighted by Gasteiger charge is -2.12. The normalized spacial score (nSPS) is 35.1. The fourth-order valence-corrected chi connectivity index (χ4v) is 4.50. The number of nitrogens with zero attached hydrogens (tertiary/aromatic N) is 6. The molecule has 0 aliphatic carbocycles. The van der Waals surface area contributed by atoms with Crippen molar-refractivity contribution in [2.75, 3.05) is 0 Å². The van der Waals surface area contributed by atoms with E-state index >= 15 is 0 Å². The largest absolute Gasteiger partial charge is 0.389 e. The highest BCUT2D eigenvalue weighted by Crippen LogP contribution is 2.27. The van der Waals surface area contributed by atoms with Crippen molar-refractivity contribution in [3.05, 3.63) is 23.8 Å². The molecule has 0 bridgehead atoms. The predicted molar refractivity (Wildman–Crippen MR) is 113 cm³/mol. The van der Waals surface area contributed by atoms with Crippen LogP contribution in [0.4, 0.5) is 0 Å². The molecule has 8 atom stereocenters. The molecule has 0 amide bonds. The van der Waals surface area contributed by atoms with Crippen LogP contribution in [0, 0.1) is 0 Å². The summed E-state index contributed by atoms with van der Waals surface area (Å²) in [5.74, 6) is 0. The smallest absolute Gasteiger partial charge is 0.102 e. The highest BCUT2D eigenvalue weighted by molar-refractivity contribution is 5.11. The number of rotatable bonds is 9. The number of unbranched alkanes of at least 4 members (excludes halogenated alkanes) is 3. The minimum Gasteiger partial charge on any atom is -0.389 e. The van der Waals surface area contributed by atoms with Crippen LogP contribution in [0.3, 0.4) is 0 Å². The summed E-state index contributed by atoms with van der Waals surface area (Å²) >= 11 is 0. The average molecular weight is 451 g/mol. The van der Waals surface area contributed by atoms with Gasteiger partial charge in [-0.1, -0.05) is 23.3 Å². The van der Waals surface area contributed by atoms with Crippen molar-refractivity contribution in [1.82, 2.24) is 40.6 Å². The first-order valence-corrected chi connectivity index (χ1v) is 11.4. The molecule has 2 saturated heterocycles. The van der Waals surface area contributed by atoms with Gasteiger partial charge in [0, 0.05) is 25.2 Å². The van der Waals surface area contributed by atoms with Gasteiger partial charge in [0.2, 0.25) is 0 Å². The van der Waals surface area contributed by atoms with E-state index in [4.69, 9.17) is 0 Å². The van der Waals surface area contributed by atoms with E-state index < -0.39 is 36.5 Å². The molecule has 2 aliphatic heterocycles. The van der Waals surface area contributed by atoms with Crippen LogP contribution in [0.2, 0.25) is 0 Å². The van der Waals surface area contributed by atoms with Crippen LogP contribution >= 0.6 is 0 Å². The molecule has 0 unspecified atom stereocenters. The highest BCUT2D eigenvalue weighted by atomic mass is 16.3. The molecule has 2 aromatic heterocycles. The van der Waals surface area contributed by atoms with Gasteiger partial charge < -0.3 is 31.1 Å². The minimum atomic E-state index is -0.881. The quantitative estimate of drug-likeness (QED) is 0.251. The fourth-order valence-electron chi connectivity index (χ4n) is 4.50. The van der Waals surface area contributed by atoms with Crippen LogP contribution in [0.25, 0.3) is 0 Å². The van der Waals surface area contributed by atoms with Crippen LogP contribution in [-0.2, 0) is 13.1 Å². The fraction of sp³-hybridized carbons (Fsp3) is 0.800. The first-order chi connectivity index (χ1) is 15.3. The molecule has 0 spiro atoms. The van der Waals surface area contributed by atoms with Crippen LogP contribution in [0.5, 0.6) is 0 Å². The molecular formula is C20H34N8O4. The summed E-state index contributed by atoms with van der Waals surface area (Å²) < 4.78 is 3.55. The number of aliphatic hydroxyl groups is 4. The second-order valence-corrected chi connectivity index (χ2v) is 9.06. The van der Waals surface area contributed by atoms with Gasteiger partial charge in [0.25, 0.3) is 0 Å². The minimum absolute atomic E-state index is 0.184. The number of aryl methyl sites for hydroxylation is 2. The molecule has 4 heterocycles. The molecule has 6 N–H and O–H groups in total. The van der Waals surface area contributed by atoms with Gasteiger partial charge >= 0.3 is 0 Å². The Morgan fingerprint density at radius 3 is 1.44 bits per heavy atom. The third kappa shape index (κ3) is 4.85. The topological polar surface area (TPSA) is 166 Å². The summed E-state index contributed by atoms with van der Waals surface area (Å²) in [6.07, 6.45) is 4.26. The van der Waals surface area contributed by atoms with Gasteiger partial charge in [0.05, 0.1) is 36.7 Å². The van der Waals surface area contributed by atoms with Crippen LogP contribution < -0.4 is 10.6 Å². The molecule has 12 heteroatoms. The molecule has 0 radical (unpaired) electrons. The third-order valence-electron chi connectivity index (χ3n) is 6.57. The van der Waals surface area contributed by atoms with Gasteiger partial charge in [-0.25, -0.2) is 0 Å². The average Bonchev–Trinajstić information content (AvgIpc) is 3.54. The van der Waals surface area contributed by atoms with Crippen molar-refractivity contribution < 1.29 is 20.4 Å². The SMILES string of the molecule is C[C@@H]1N[C@@H](c2cn(CCCCCCn3cc([C@@H]4N[C@@H](C)[C@@H](O)[C@H]4O)nn3)nn2)[C@H](O)[C@@H]1O. The van der Waals surface area contributed by atoms with E-state index in [0.29, 0.717) is 11.4 Å². The summed E-state index contributed by atoms with van der Waals surface area (Å²) in [7, 11) is 0. The van der Waals surface area contributed by atoms with E-state index in [1.54, 1.807) is 9.36 Å². The Kier molecular flexibility index (Phi) is 7.17. The van der Waals surface area contributed by atoms with E-state index in [1.165, 1.54) is 0 Å². The Hall–Kier alpha value is -1.96. The molecule has 178 valence electrons. The van der Waals surface area contributed by atoms with E-state index in [0.717, 1.165) is 38.8 Å². The van der Waals surface area contributed by atoms with E-state index in [9.17, 15) is 20.4 Å². The number of aromatic nitrogens is 6. The van der Waals surface area contributed by atoms with Crippen molar-refractivity contribution in [1.29, 1.82) is 0 Å². The maximum Gasteiger partial charge on any atom is 0.102 e. The predicted octanol–water partition coefficient (Wildman–Crippen LogP) is -1.36. The van der Waals surface area contributed by atoms with Crippen molar-refractivity contribution in [3.63, 3.8) is 0 Å². The lowest BCUT2D eigenvalue weighted by atomic mass is 10.1. The zero-order valence-corrected chi connectivity index (χ0v) is 18.5. The Morgan fingerprint density at radius 2 is 1.09 bits per heavy atom. The molecular weight excluding hydrogens is 416 g/mol. The number of nitrogens with one attached hydrogen (secondary N) is 2. The van der Waals surface area contributed by atoms with Crippen LogP contribution in [-0.4, -0.2) is 86.9 Å². The first kappa shape index (κ1) is 23.2. The number of hydrogen-bond acceptors (Lipinski definition) is 10. The highest BCUT2D eigenvalue weighted by Gasteiger charge is 2.41. The van der Waals surface area contributed by atoms with Gasteiger partial charge in [0.1, 0.15) is 23.6 Å². The summed E-state index contributed by atoms with van der Waals surface area (Å²) in [6.45, 7) is 5.15. The maximum absolute atomic E-state index is 10.1. The van der Waals surface area contributed by atoms with E-state index in [-0.39, 0.29) is 12.1 Å². The van der Waals surface area contributed by atoms with Crippen LogP contribution in [0.15, 0.2) is 12.4 Å². The molecule has 2 fully saturated rings. The zero-order valence-electron chi connectivity index (χ0n) is 18.5. The second kappa shape index (κ2) is 9.89. The molecule has 4 rings (SSSR count). The standard InChI is InChI=1S/C20H34N8O4/c1-11-17(29)19(31)15(21-11)13-9-27(25-23-13)7-5-3-4-6-8-28-10-14(24-26-28)16-20(32)18(30)12(2)22-16/h9-12,15-22,29-32H,3-8H2,1-2H3/t11-,12-,15-,16-,17+,18+,19-,20-/m0/s1. The molecule has 12 nitrogen and oxygen atoms in total. The van der Waals surface area contributed by atoms with Crippen molar-refractivity contribution in [2.45, 2.75) is 101 Å². The molecule has 32 heavy (non-hydrogen) atoms. The number of hydrogen-bond donors (Lipinski definition) is 6.